The minimum absolute atomic E-state index is 0.160. The van der Waals surface area contributed by atoms with Crippen LogP contribution in [-0.4, -0.2) is 22.2 Å². The summed E-state index contributed by atoms with van der Waals surface area (Å²) < 4.78 is 7.75. The Morgan fingerprint density at radius 3 is 2.54 bits per heavy atom. The molecular weight excluding hydrogens is 350 g/mol. The lowest BCUT2D eigenvalue weighted by atomic mass is 10.1. The summed E-state index contributed by atoms with van der Waals surface area (Å²) in [5.74, 6) is 1.07. The fraction of sp³-hybridized carbons (Fsp3) is 0.130. The molecule has 0 saturated heterocycles. The lowest BCUT2D eigenvalue weighted by Gasteiger charge is -2.11. The van der Waals surface area contributed by atoms with Crippen LogP contribution in [0.3, 0.4) is 0 Å². The number of fused-ring (bicyclic) bond motifs is 1. The Bertz CT molecular complexity index is 1100. The van der Waals surface area contributed by atoms with E-state index in [1.54, 1.807) is 12.1 Å². The minimum atomic E-state index is -0.160. The summed E-state index contributed by atoms with van der Waals surface area (Å²) in [4.78, 5) is 12.7. The van der Waals surface area contributed by atoms with Gasteiger partial charge in [-0.15, -0.1) is 0 Å². The van der Waals surface area contributed by atoms with Gasteiger partial charge in [0.1, 0.15) is 11.5 Å². The number of nitrogens with one attached hydrogen (secondary N) is 1. The maximum atomic E-state index is 12.7. The van der Waals surface area contributed by atoms with Gasteiger partial charge in [-0.3, -0.25) is 9.48 Å². The molecule has 0 radical (unpaired) electrons. The van der Waals surface area contributed by atoms with Gasteiger partial charge in [0.05, 0.1) is 16.8 Å². The molecule has 1 heterocycles. The van der Waals surface area contributed by atoms with Gasteiger partial charge >= 0.3 is 0 Å². The Hall–Kier alpha value is -3.60. The summed E-state index contributed by atoms with van der Waals surface area (Å²) >= 11 is 0. The van der Waals surface area contributed by atoms with Gasteiger partial charge in [0, 0.05) is 25.4 Å². The maximum Gasteiger partial charge on any atom is 0.255 e. The maximum absolute atomic E-state index is 12.7. The first-order valence-corrected chi connectivity index (χ1v) is 9.23. The Morgan fingerprint density at radius 2 is 1.68 bits per heavy atom. The van der Waals surface area contributed by atoms with Crippen LogP contribution in [0, 0.1) is 0 Å². The van der Waals surface area contributed by atoms with Crippen LogP contribution in [0.25, 0.3) is 10.9 Å². The van der Waals surface area contributed by atoms with E-state index >= 15 is 0 Å². The third-order valence-corrected chi connectivity index (χ3v) is 4.58. The van der Waals surface area contributed by atoms with Crippen LogP contribution in [0.2, 0.25) is 0 Å². The molecule has 5 heteroatoms. The zero-order valence-electron chi connectivity index (χ0n) is 15.6. The van der Waals surface area contributed by atoms with Crippen molar-refractivity contribution < 1.29 is 9.53 Å². The number of hydrogen-bond acceptors (Lipinski definition) is 3. The van der Waals surface area contributed by atoms with Crippen molar-refractivity contribution in [2.75, 3.05) is 6.54 Å². The van der Waals surface area contributed by atoms with Crippen molar-refractivity contribution in [1.29, 1.82) is 0 Å². The average Bonchev–Trinajstić information content (AvgIpc) is 3.05. The van der Waals surface area contributed by atoms with Crippen molar-refractivity contribution in [2.24, 2.45) is 7.05 Å². The Kier molecular flexibility index (Phi) is 5.06. The quantitative estimate of drug-likeness (QED) is 0.549. The van der Waals surface area contributed by atoms with E-state index in [0.29, 0.717) is 30.0 Å². The first kappa shape index (κ1) is 17.8. The van der Waals surface area contributed by atoms with Crippen LogP contribution < -0.4 is 10.1 Å². The van der Waals surface area contributed by atoms with E-state index in [9.17, 15) is 4.79 Å². The van der Waals surface area contributed by atoms with Crippen molar-refractivity contribution in [2.45, 2.75) is 6.42 Å². The summed E-state index contributed by atoms with van der Waals surface area (Å²) in [6.45, 7) is 0.500. The summed E-state index contributed by atoms with van der Waals surface area (Å²) in [6.07, 6.45) is 0.662. The normalized spacial score (nSPS) is 10.8. The molecular formula is C23H21N3O2. The molecule has 0 spiro atoms. The van der Waals surface area contributed by atoms with Gasteiger partial charge in [-0.1, -0.05) is 48.5 Å². The standard InChI is InChI=1S/C23H21N3O2/c1-26-21-13-7-5-11-18(21)20(25-26)15-16-24-23(27)19-12-6-8-14-22(19)28-17-9-3-2-4-10-17/h2-14H,15-16H2,1H3,(H,24,27). The van der Waals surface area contributed by atoms with E-state index in [1.165, 1.54) is 0 Å². The van der Waals surface area contributed by atoms with Crippen LogP contribution >= 0.6 is 0 Å². The van der Waals surface area contributed by atoms with Crippen molar-refractivity contribution in [3.8, 4) is 11.5 Å². The Balaban J connectivity index is 1.44. The molecule has 0 aliphatic rings. The van der Waals surface area contributed by atoms with Gasteiger partial charge < -0.3 is 10.1 Å². The van der Waals surface area contributed by atoms with E-state index < -0.39 is 0 Å². The zero-order valence-corrected chi connectivity index (χ0v) is 15.6. The molecule has 1 amide bonds. The van der Waals surface area contributed by atoms with Crippen LogP contribution in [0.4, 0.5) is 0 Å². The van der Waals surface area contributed by atoms with Crippen molar-refractivity contribution in [3.05, 3.63) is 90.1 Å². The number of rotatable bonds is 6. The smallest absolute Gasteiger partial charge is 0.255 e. The number of carbonyl (C=O) groups is 1. The number of amides is 1. The monoisotopic (exact) mass is 371 g/mol. The second-order valence-corrected chi connectivity index (χ2v) is 6.50. The lowest BCUT2D eigenvalue weighted by molar-refractivity contribution is 0.0952. The highest BCUT2D eigenvalue weighted by Gasteiger charge is 2.13. The SMILES string of the molecule is Cn1nc(CCNC(=O)c2ccccc2Oc2ccccc2)c2ccccc21. The molecule has 4 rings (SSSR count). The molecule has 0 aliphatic heterocycles. The second-order valence-electron chi connectivity index (χ2n) is 6.50. The largest absolute Gasteiger partial charge is 0.457 e. The summed E-state index contributed by atoms with van der Waals surface area (Å²) in [6, 6.07) is 24.8. The second kappa shape index (κ2) is 7.96. The highest BCUT2D eigenvalue weighted by Crippen LogP contribution is 2.25. The van der Waals surface area contributed by atoms with Gasteiger partial charge in [-0.05, 0) is 30.3 Å². The molecule has 1 aromatic heterocycles. The number of nitrogens with zero attached hydrogens (tertiary/aromatic N) is 2. The lowest BCUT2D eigenvalue weighted by Crippen LogP contribution is -2.26. The number of benzene rings is 3. The predicted molar refractivity (Wildman–Crippen MR) is 110 cm³/mol. The van der Waals surface area contributed by atoms with Crippen molar-refractivity contribution in [1.82, 2.24) is 15.1 Å². The molecule has 28 heavy (non-hydrogen) atoms. The average molecular weight is 371 g/mol. The molecule has 5 nitrogen and oxygen atoms in total. The van der Waals surface area contributed by atoms with Crippen LogP contribution in [0.5, 0.6) is 11.5 Å². The zero-order chi connectivity index (χ0) is 19.3. The van der Waals surface area contributed by atoms with E-state index in [4.69, 9.17) is 4.74 Å². The van der Waals surface area contributed by atoms with Gasteiger partial charge in [0.2, 0.25) is 0 Å². The summed E-state index contributed by atoms with van der Waals surface area (Å²) in [7, 11) is 1.93. The molecule has 0 fully saturated rings. The summed E-state index contributed by atoms with van der Waals surface area (Å²) in [5.41, 5.74) is 2.58. The van der Waals surface area contributed by atoms with Gasteiger partial charge in [-0.25, -0.2) is 0 Å². The number of carbonyl (C=O) groups excluding carboxylic acids is 1. The van der Waals surface area contributed by atoms with E-state index in [2.05, 4.69) is 16.5 Å². The fourth-order valence-corrected chi connectivity index (χ4v) is 3.22. The number of aromatic nitrogens is 2. The topological polar surface area (TPSA) is 56.2 Å². The van der Waals surface area contributed by atoms with Gasteiger partial charge in [0.15, 0.2) is 0 Å². The molecule has 4 aromatic rings. The van der Waals surface area contributed by atoms with Crippen LogP contribution in [-0.2, 0) is 13.5 Å². The van der Waals surface area contributed by atoms with Gasteiger partial charge in [-0.2, -0.15) is 5.10 Å². The molecule has 1 N–H and O–H groups in total. The van der Waals surface area contributed by atoms with E-state index in [0.717, 1.165) is 16.6 Å². The molecule has 3 aromatic carbocycles. The molecule has 0 bridgehead atoms. The highest BCUT2D eigenvalue weighted by molar-refractivity contribution is 5.97. The van der Waals surface area contributed by atoms with Crippen molar-refractivity contribution in [3.63, 3.8) is 0 Å². The number of aryl methyl sites for hydroxylation is 1. The Morgan fingerprint density at radius 1 is 0.964 bits per heavy atom. The third kappa shape index (κ3) is 3.74. The third-order valence-electron chi connectivity index (χ3n) is 4.58. The van der Waals surface area contributed by atoms with Crippen LogP contribution in [0.1, 0.15) is 16.1 Å². The Labute approximate surface area is 163 Å². The molecule has 0 unspecified atom stereocenters. The molecule has 140 valence electrons. The molecule has 0 saturated carbocycles. The number of para-hydroxylation sites is 3. The van der Waals surface area contributed by atoms with Gasteiger partial charge in [0.25, 0.3) is 5.91 Å². The van der Waals surface area contributed by atoms with Crippen molar-refractivity contribution >= 4 is 16.8 Å². The number of ether oxygens (including phenoxy) is 1. The first-order valence-electron chi connectivity index (χ1n) is 9.23. The minimum Gasteiger partial charge on any atom is -0.457 e. The van der Waals surface area contributed by atoms with Crippen LogP contribution in [0.15, 0.2) is 78.9 Å². The van der Waals surface area contributed by atoms with E-state index in [-0.39, 0.29) is 5.91 Å². The predicted octanol–water partition coefficient (Wildman–Crippen LogP) is 4.34. The number of hydrogen-bond donors (Lipinski definition) is 1. The fourth-order valence-electron chi connectivity index (χ4n) is 3.22. The highest BCUT2D eigenvalue weighted by atomic mass is 16.5. The molecule has 0 atom stereocenters. The summed E-state index contributed by atoms with van der Waals surface area (Å²) in [5, 5.41) is 8.67. The first-order chi connectivity index (χ1) is 13.7. The van der Waals surface area contributed by atoms with E-state index in [1.807, 2.05) is 72.4 Å². The molecule has 0 aliphatic carbocycles.